The predicted molar refractivity (Wildman–Crippen MR) is 102 cm³/mol. The van der Waals surface area contributed by atoms with Crippen molar-refractivity contribution in [3.05, 3.63) is 66.1 Å². The number of benzene rings is 2. The van der Waals surface area contributed by atoms with E-state index in [2.05, 4.69) is 20.8 Å². The van der Waals surface area contributed by atoms with Gasteiger partial charge >= 0.3 is 11.8 Å². The summed E-state index contributed by atoms with van der Waals surface area (Å²) < 4.78 is 5.34. The molecule has 0 aliphatic carbocycles. The molecule has 0 radical (unpaired) electrons. The van der Waals surface area contributed by atoms with Crippen LogP contribution in [0.25, 0.3) is 11.5 Å². The van der Waals surface area contributed by atoms with Crippen LogP contribution in [0.1, 0.15) is 11.5 Å². The van der Waals surface area contributed by atoms with E-state index in [0.29, 0.717) is 29.5 Å². The highest BCUT2D eigenvalue weighted by atomic mass is 16.4. The van der Waals surface area contributed by atoms with Crippen LogP contribution in [-0.4, -0.2) is 39.8 Å². The fourth-order valence-corrected chi connectivity index (χ4v) is 2.61. The van der Waals surface area contributed by atoms with Gasteiger partial charge in [-0.1, -0.05) is 30.3 Å². The average molecular weight is 380 g/mol. The number of anilines is 1. The van der Waals surface area contributed by atoms with E-state index in [1.807, 2.05) is 30.3 Å². The van der Waals surface area contributed by atoms with Gasteiger partial charge in [-0.3, -0.25) is 9.59 Å². The Morgan fingerprint density at radius 2 is 1.75 bits per heavy atom. The quantitative estimate of drug-likeness (QED) is 0.561. The Bertz CT molecular complexity index is 938. The van der Waals surface area contributed by atoms with Gasteiger partial charge in [0.2, 0.25) is 11.8 Å². The summed E-state index contributed by atoms with van der Waals surface area (Å²) in [5.41, 5.74) is 2.10. The minimum Gasteiger partial charge on any atom is -0.421 e. The molecule has 1 atom stereocenters. The van der Waals surface area contributed by atoms with Crippen molar-refractivity contribution in [1.29, 1.82) is 0 Å². The molecule has 144 valence electrons. The number of rotatable bonds is 6. The fourth-order valence-electron chi connectivity index (χ4n) is 2.61. The number of nitrogens with one attached hydrogen (secondary N) is 2. The van der Waals surface area contributed by atoms with E-state index in [0.717, 1.165) is 5.56 Å². The Morgan fingerprint density at radius 3 is 2.36 bits per heavy atom. The van der Waals surface area contributed by atoms with Gasteiger partial charge in [0.05, 0.1) is 12.6 Å². The second kappa shape index (κ2) is 8.92. The molecule has 8 nitrogen and oxygen atoms in total. The van der Waals surface area contributed by atoms with E-state index in [9.17, 15) is 14.7 Å². The summed E-state index contributed by atoms with van der Waals surface area (Å²) in [5, 5.41) is 22.2. The number of nitrogens with zero attached hydrogens (tertiary/aromatic N) is 2. The number of carbonyl (C=O) groups is 2. The molecule has 0 bridgehead atoms. The van der Waals surface area contributed by atoms with Crippen LogP contribution in [0.5, 0.6) is 0 Å². The molecule has 0 unspecified atom stereocenters. The largest absolute Gasteiger partial charge is 0.421 e. The van der Waals surface area contributed by atoms with Crippen LogP contribution < -0.4 is 10.6 Å². The lowest BCUT2D eigenvalue weighted by Crippen LogP contribution is -2.44. The van der Waals surface area contributed by atoms with Gasteiger partial charge in [-0.2, -0.15) is 0 Å². The summed E-state index contributed by atoms with van der Waals surface area (Å²) in [7, 11) is 0. The molecule has 1 heterocycles. The molecular weight excluding hydrogens is 360 g/mol. The number of aliphatic hydroxyl groups excluding tert-OH is 1. The number of hydrogen-bond donors (Lipinski definition) is 3. The smallest absolute Gasteiger partial charge is 0.313 e. The normalized spacial score (nSPS) is 11.6. The van der Waals surface area contributed by atoms with E-state index < -0.39 is 17.9 Å². The molecule has 3 N–H and O–H groups in total. The molecular formula is C20H20N4O4. The van der Waals surface area contributed by atoms with E-state index in [4.69, 9.17) is 4.42 Å². The van der Waals surface area contributed by atoms with Crippen molar-refractivity contribution < 1.29 is 19.1 Å². The van der Waals surface area contributed by atoms with Gasteiger partial charge in [0, 0.05) is 18.2 Å². The number of hydrogen-bond acceptors (Lipinski definition) is 6. The number of aliphatic hydroxyl groups is 1. The maximum atomic E-state index is 12.1. The van der Waals surface area contributed by atoms with Gasteiger partial charge in [-0.25, -0.2) is 0 Å². The first-order chi connectivity index (χ1) is 13.5. The minimum absolute atomic E-state index is 0.272. The Labute approximate surface area is 161 Å². The molecule has 3 aromatic rings. The van der Waals surface area contributed by atoms with Gasteiger partial charge in [0.1, 0.15) is 0 Å². The third-order valence-corrected chi connectivity index (χ3v) is 4.00. The number of carbonyl (C=O) groups excluding carboxylic acids is 2. The Hall–Kier alpha value is -3.52. The summed E-state index contributed by atoms with van der Waals surface area (Å²) in [5.74, 6) is -0.794. The standard InChI is InChI=1S/C20H20N4O4/c1-13-23-24-20(28-13)15-7-9-16(10-8-15)21-18(26)19(27)22-17(12-25)11-14-5-3-2-4-6-14/h2-10,17,25H,11-12H2,1H3,(H,21,26)(H,22,27)/t17-/m0/s1. The maximum absolute atomic E-state index is 12.1. The highest BCUT2D eigenvalue weighted by Gasteiger charge is 2.19. The van der Waals surface area contributed by atoms with Crippen molar-refractivity contribution in [2.45, 2.75) is 19.4 Å². The topological polar surface area (TPSA) is 117 Å². The lowest BCUT2D eigenvalue weighted by atomic mass is 10.1. The highest BCUT2D eigenvalue weighted by Crippen LogP contribution is 2.20. The number of amides is 2. The summed E-state index contributed by atoms with van der Waals surface area (Å²) in [6.45, 7) is 1.42. The van der Waals surface area contributed by atoms with Crippen molar-refractivity contribution in [2.75, 3.05) is 11.9 Å². The van der Waals surface area contributed by atoms with Gasteiger partial charge in [-0.05, 0) is 36.2 Å². The van der Waals surface area contributed by atoms with Crippen LogP contribution in [0.2, 0.25) is 0 Å². The molecule has 0 fully saturated rings. The molecule has 0 saturated heterocycles. The van der Waals surface area contributed by atoms with Crippen molar-refractivity contribution in [2.24, 2.45) is 0 Å². The maximum Gasteiger partial charge on any atom is 0.313 e. The van der Waals surface area contributed by atoms with E-state index in [1.165, 1.54) is 0 Å². The molecule has 0 aliphatic heterocycles. The van der Waals surface area contributed by atoms with Crippen LogP contribution in [0, 0.1) is 6.92 Å². The van der Waals surface area contributed by atoms with Crippen molar-refractivity contribution in [1.82, 2.24) is 15.5 Å². The first-order valence-corrected chi connectivity index (χ1v) is 8.72. The fraction of sp³-hybridized carbons (Fsp3) is 0.200. The molecule has 3 rings (SSSR count). The third-order valence-electron chi connectivity index (χ3n) is 4.00. The van der Waals surface area contributed by atoms with Crippen LogP contribution in [0.4, 0.5) is 5.69 Å². The van der Waals surface area contributed by atoms with E-state index in [1.54, 1.807) is 31.2 Å². The summed E-state index contributed by atoms with van der Waals surface area (Å²) >= 11 is 0. The monoisotopic (exact) mass is 380 g/mol. The molecule has 0 spiro atoms. The lowest BCUT2D eigenvalue weighted by molar-refractivity contribution is -0.136. The number of aryl methyl sites for hydroxylation is 1. The zero-order chi connectivity index (χ0) is 19.9. The Balaban J connectivity index is 1.56. The molecule has 0 saturated carbocycles. The van der Waals surface area contributed by atoms with Crippen LogP contribution >= 0.6 is 0 Å². The summed E-state index contributed by atoms with van der Waals surface area (Å²) in [4.78, 5) is 24.3. The SMILES string of the molecule is Cc1nnc(-c2ccc(NC(=O)C(=O)N[C@H](CO)Cc3ccccc3)cc2)o1. The van der Waals surface area contributed by atoms with E-state index in [-0.39, 0.29) is 6.61 Å². The molecule has 1 aromatic heterocycles. The van der Waals surface area contributed by atoms with Crippen LogP contribution in [-0.2, 0) is 16.0 Å². The average Bonchev–Trinajstić information content (AvgIpc) is 3.15. The van der Waals surface area contributed by atoms with Gasteiger partial charge in [-0.15, -0.1) is 10.2 Å². The molecule has 2 aromatic carbocycles. The summed E-state index contributed by atoms with van der Waals surface area (Å²) in [6.07, 6.45) is 0.425. The first kappa shape index (κ1) is 19.2. The Kier molecular flexibility index (Phi) is 6.13. The second-order valence-corrected chi connectivity index (χ2v) is 6.20. The highest BCUT2D eigenvalue weighted by molar-refractivity contribution is 6.39. The number of aromatic nitrogens is 2. The van der Waals surface area contributed by atoms with Crippen LogP contribution in [0.15, 0.2) is 59.0 Å². The lowest BCUT2D eigenvalue weighted by Gasteiger charge is -2.16. The van der Waals surface area contributed by atoms with Crippen molar-refractivity contribution >= 4 is 17.5 Å². The van der Waals surface area contributed by atoms with Crippen molar-refractivity contribution in [3.8, 4) is 11.5 Å². The zero-order valence-corrected chi connectivity index (χ0v) is 15.3. The van der Waals surface area contributed by atoms with Gasteiger partial charge in [0.15, 0.2) is 0 Å². The Morgan fingerprint density at radius 1 is 1.04 bits per heavy atom. The van der Waals surface area contributed by atoms with Crippen molar-refractivity contribution in [3.63, 3.8) is 0 Å². The minimum atomic E-state index is -0.813. The van der Waals surface area contributed by atoms with E-state index >= 15 is 0 Å². The van der Waals surface area contributed by atoms with Crippen LogP contribution in [0.3, 0.4) is 0 Å². The second-order valence-electron chi connectivity index (χ2n) is 6.20. The first-order valence-electron chi connectivity index (χ1n) is 8.72. The third kappa shape index (κ3) is 5.01. The zero-order valence-electron chi connectivity index (χ0n) is 15.3. The van der Waals surface area contributed by atoms with Gasteiger partial charge in [0.25, 0.3) is 0 Å². The molecule has 8 heteroatoms. The molecule has 0 aliphatic rings. The van der Waals surface area contributed by atoms with Gasteiger partial charge < -0.3 is 20.2 Å². The molecule has 28 heavy (non-hydrogen) atoms. The summed E-state index contributed by atoms with van der Waals surface area (Å²) in [6, 6.07) is 15.5. The molecule has 2 amide bonds. The predicted octanol–water partition coefficient (Wildman–Crippen LogP) is 1.70.